The van der Waals surface area contributed by atoms with Crippen molar-refractivity contribution >= 4 is 23.2 Å². The second-order valence-corrected chi connectivity index (χ2v) is 9.78. The van der Waals surface area contributed by atoms with Crippen molar-refractivity contribution in [1.82, 2.24) is 4.90 Å². The number of thiophene rings is 1. The number of rotatable bonds is 3. The smallest absolute Gasteiger partial charge is 0.242 e. The van der Waals surface area contributed by atoms with E-state index >= 15 is 0 Å². The second-order valence-electron chi connectivity index (χ2n) is 8.69. The minimum absolute atomic E-state index is 0.0390. The molecule has 2 aliphatic rings. The van der Waals surface area contributed by atoms with Crippen LogP contribution in [0.4, 0.5) is 0 Å². The molecule has 6 nitrogen and oxygen atoms in total. The summed E-state index contributed by atoms with van der Waals surface area (Å²) in [4.78, 5) is 22.4. The summed E-state index contributed by atoms with van der Waals surface area (Å²) < 4.78 is 5.42. The fraction of sp³-hybridized carbons (Fsp3) is 0.269. The number of ether oxygens (including phenoxy) is 1. The van der Waals surface area contributed by atoms with Gasteiger partial charge in [0.25, 0.3) is 0 Å². The van der Waals surface area contributed by atoms with E-state index in [1.807, 2.05) is 55.5 Å². The summed E-state index contributed by atoms with van der Waals surface area (Å²) >= 11 is 1.59. The Morgan fingerprint density at radius 1 is 1.21 bits per heavy atom. The summed E-state index contributed by atoms with van der Waals surface area (Å²) in [6, 6.07) is 19.7. The molecule has 33 heavy (non-hydrogen) atoms. The Kier molecular flexibility index (Phi) is 4.80. The number of benzene rings is 2. The number of hydrogen-bond acceptors (Lipinski definition) is 6. The van der Waals surface area contributed by atoms with Crippen LogP contribution in [0.1, 0.15) is 34.9 Å². The molecular formula is C26H24N4O2S. The fourth-order valence-corrected chi connectivity index (χ4v) is 6.44. The Morgan fingerprint density at radius 2 is 2.03 bits per heavy atom. The number of aryl methyl sites for hydroxylation is 1. The first kappa shape index (κ1) is 21.2. The van der Waals surface area contributed by atoms with Crippen molar-refractivity contribution in [2.24, 2.45) is 10.7 Å². The minimum atomic E-state index is -0.865. The van der Waals surface area contributed by atoms with E-state index in [-0.39, 0.29) is 11.9 Å². The number of likely N-dealkylation sites (N-methyl/N-ethyl adjacent to an activating group) is 1. The van der Waals surface area contributed by atoms with Gasteiger partial charge in [-0.15, -0.1) is 11.3 Å². The summed E-state index contributed by atoms with van der Waals surface area (Å²) in [6.07, 6.45) is 1.41. The molecule has 1 aliphatic heterocycles. The third-order valence-corrected chi connectivity index (χ3v) is 8.43. The molecule has 0 saturated carbocycles. The summed E-state index contributed by atoms with van der Waals surface area (Å²) in [5.41, 5.74) is 8.21. The number of nitrogens with two attached hydrogens (primary N) is 1. The molecule has 0 unspecified atom stereocenters. The van der Waals surface area contributed by atoms with Crippen molar-refractivity contribution in [3.63, 3.8) is 0 Å². The van der Waals surface area contributed by atoms with Crippen molar-refractivity contribution in [1.29, 1.82) is 5.26 Å². The van der Waals surface area contributed by atoms with Crippen LogP contribution in [0.25, 0.3) is 10.4 Å². The van der Waals surface area contributed by atoms with Crippen LogP contribution in [-0.4, -0.2) is 30.9 Å². The summed E-state index contributed by atoms with van der Waals surface area (Å²) in [5.74, 6) is 0.960. The molecule has 1 aliphatic carbocycles. The third kappa shape index (κ3) is 2.91. The first-order valence-electron chi connectivity index (χ1n) is 10.8. The number of methoxy groups -OCH3 is 1. The molecule has 0 fully saturated rings. The molecule has 1 amide bonds. The van der Waals surface area contributed by atoms with Crippen molar-refractivity contribution < 1.29 is 9.53 Å². The summed E-state index contributed by atoms with van der Waals surface area (Å²) in [7, 11) is 3.34. The molecule has 7 heteroatoms. The number of nitrogens with zero attached hydrogens (tertiary/aromatic N) is 3. The summed E-state index contributed by atoms with van der Waals surface area (Å²) in [6.45, 7) is 2.02. The normalized spacial score (nSPS) is 23.9. The predicted octanol–water partition coefficient (Wildman–Crippen LogP) is 4.18. The molecule has 1 aromatic heterocycles. The Hall–Kier alpha value is -3.63. The highest BCUT2D eigenvalue weighted by molar-refractivity contribution is 7.15. The first-order chi connectivity index (χ1) is 15.8. The zero-order valence-corrected chi connectivity index (χ0v) is 19.6. The molecule has 0 radical (unpaired) electrons. The van der Waals surface area contributed by atoms with Gasteiger partial charge in [0.15, 0.2) is 5.96 Å². The van der Waals surface area contributed by atoms with E-state index in [2.05, 4.69) is 6.07 Å². The minimum Gasteiger partial charge on any atom is -0.497 e. The Bertz CT molecular complexity index is 1350. The molecule has 1 spiro atoms. The van der Waals surface area contributed by atoms with Crippen LogP contribution < -0.4 is 10.5 Å². The first-order valence-corrected chi connectivity index (χ1v) is 11.6. The maximum absolute atomic E-state index is 13.9. The van der Waals surface area contributed by atoms with E-state index in [0.717, 1.165) is 38.6 Å². The molecule has 2 aromatic carbocycles. The Labute approximate surface area is 196 Å². The van der Waals surface area contributed by atoms with Gasteiger partial charge in [-0.3, -0.25) is 9.69 Å². The van der Waals surface area contributed by atoms with Gasteiger partial charge in [-0.05, 0) is 72.9 Å². The van der Waals surface area contributed by atoms with Crippen LogP contribution >= 0.6 is 11.3 Å². The maximum Gasteiger partial charge on any atom is 0.242 e. The molecule has 2 heterocycles. The standard InChI is InChI=1S/C26H24N4O2S/c1-25(22-10-9-21(33-22)18-6-4-5-16(13-18)15-27)26(23(31)30(2)24(28)29-25)12-11-17-14-19(32-3)7-8-20(17)26/h4-10,13-14H,11-12H2,1-3H3,(H2,28,29)/t25-,26+/m1/s1. The topological polar surface area (TPSA) is 91.7 Å². The number of carbonyl (C=O) groups is 1. The Morgan fingerprint density at radius 3 is 2.79 bits per heavy atom. The largest absolute Gasteiger partial charge is 0.497 e. The van der Waals surface area contributed by atoms with Crippen molar-refractivity contribution in [2.45, 2.75) is 30.7 Å². The van der Waals surface area contributed by atoms with Crippen LogP contribution in [0, 0.1) is 11.3 Å². The van der Waals surface area contributed by atoms with Gasteiger partial charge in [0.2, 0.25) is 5.91 Å². The van der Waals surface area contributed by atoms with Gasteiger partial charge in [0.05, 0.1) is 18.7 Å². The van der Waals surface area contributed by atoms with Gasteiger partial charge in [-0.1, -0.05) is 18.2 Å². The van der Waals surface area contributed by atoms with E-state index in [1.54, 1.807) is 31.6 Å². The van der Waals surface area contributed by atoms with Crippen molar-refractivity contribution in [2.75, 3.05) is 14.2 Å². The molecular weight excluding hydrogens is 432 g/mol. The second kappa shape index (κ2) is 7.46. The van der Waals surface area contributed by atoms with E-state index in [4.69, 9.17) is 15.5 Å². The monoisotopic (exact) mass is 456 g/mol. The number of nitriles is 1. The molecule has 3 aromatic rings. The lowest BCUT2D eigenvalue weighted by Crippen LogP contribution is -2.62. The SMILES string of the molecule is COc1ccc2c(c1)CC[C@@]21C(=O)N(C)C(N)=N[C@]1(C)c1ccc(-c2cccc(C#N)c2)s1. The van der Waals surface area contributed by atoms with Gasteiger partial charge in [0, 0.05) is 16.8 Å². The maximum atomic E-state index is 13.9. The molecule has 2 atom stereocenters. The Balaban J connectivity index is 1.70. The predicted molar refractivity (Wildman–Crippen MR) is 129 cm³/mol. The zero-order chi connectivity index (χ0) is 23.4. The number of aliphatic imine (C=N–C) groups is 1. The number of amides is 1. The van der Waals surface area contributed by atoms with Crippen LogP contribution in [0.2, 0.25) is 0 Å². The van der Waals surface area contributed by atoms with E-state index in [1.165, 1.54) is 4.90 Å². The van der Waals surface area contributed by atoms with Gasteiger partial charge < -0.3 is 10.5 Å². The van der Waals surface area contributed by atoms with E-state index in [9.17, 15) is 10.1 Å². The van der Waals surface area contributed by atoms with E-state index in [0.29, 0.717) is 12.0 Å². The highest BCUT2D eigenvalue weighted by atomic mass is 32.1. The highest BCUT2D eigenvalue weighted by Crippen LogP contribution is 2.57. The van der Waals surface area contributed by atoms with E-state index < -0.39 is 11.0 Å². The fourth-order valence-electron chi connectivity index (χ4n) is 5.27. The lowest BCUT2D eigenvalue weighted by atomic mass is 9.64. The highest BCUT2D eigenvalue weighted by Gasteiger charge is 2.62. The van der Waals surface area contributed by atoms with Crippen molar-refractivity contribution in [3.05, 3.63) is 76.2 Å². The molecule has 166 valence electrons. The van der Waals surface area contributed by atoms with Gasteiger partial charge in [0.1, 0.15) is 16.7 Å². The molecule has 5 rings (SSSR count). The van der Waals surface area contributed by atoms with Crippen LogP contribution in [0.15, 0.2) is 59.6 Å². The third-order valence-electron chi connectivity index (χ3n) is 7.09. The number of carbonyl (C=O) groups excluding carboxylic acids is 1. The average Bonchev–Trinajstić information content (AvgIpc) is 3.48. The molecule has 2 N–H and O–H groups in total. The van der Waals surface area contributed by atoms with Crippen LogP contribution in [0.5, 0.6) is 5.75 Å². The average molecular weight is 457 g/mol. The lowest BCUT2D eigenvalue weighted by molar-refractivity contribution is -0.136. The van der Waals surface area contributed by atoms with Crippen LogP contribution in [-0.2, 0) is 22.2 Å². The summed E-state index contributed by atoms with van der Waals surface area (Å²) in [5, 5.41) is 9.28. The van der Waals surface area contributed by atoms with Gasteiger partial charge >= 0.3 is 0 Å². The number of guanidine groups is 1. The van der Waals surface area contributed by atoms with Crippen molar-refractivity contribution in [3.8, 4) is 22.3 Å². The number of hydrogen-bond donors (Lipinski definition) is 1. The quantitative estimate of drug-likeness (QED) is 0.640. The van der Waals surface area contributed by atoms with Crippen LogP contribution in [0.3, 0.4) is 0 Å². The van der Waals surface area contributed by atoms with Gasteiger partial charge in [-0.25, -0.2) is 4.99 Å². The zero-order valence-electron chi connectivity index (χ0n) is 18.8. The lowest BCUT2D eigenvalue weighted by Gasteiger charge is -2.48. The number of fused-ring (bicyclic) bond motifs is 2. The molecule has 0 saturated heterocycles. The molecule has 0 bridgehead atoms. The van der Waals surface area contributed by atoms with Gasteiger partial charge in [-0.2, -0.15) is 5.26 Å².